The molecule has 2 aromatic carbocycles. The number of carbonyl (C=O) groups excluding carboxylic acids is 2. The SMILES string of the molecule is COc1ccccc1C(=O)OCC(=O)c1ccc(F)cc1. The van der Waals surface area contributed by atoms with Crippen LogP contribution in [0.2, 0.25) is 0 Å². The molecule has 0 saturated heterocycles. The zero-order valence-corrected chi connectivity index (χ0v) is 11.3. The minimum atomic E-state index is -0.650. The first-order chi connectivity index (χ1) is 10.1. The molecule has 0 fully saturated rings. The van der Waals surface area contributed by atoms with Crippen LogP contribution in [-0.4, -0.2) is 25.5 Å². The van der Waals surface area contributed by atoms with E-state index in [1.165, 1.54) is 31.4 Å². The Kier molecular flexibility index (Phi) is 4.66. The molecular weight excluding hydrogens is 275 g/mol. The predicted octanol–water partition coefficient (Wildman–Crippen LogP) is 2.87. The van der Waals surface area contributed by atoms with Crippen LogP contribution < -0.4 is 4.74 Å². The molecule has 0 aliphatic rings. The average Bonchev–Trinajstić information content (AvgIpc) is 2.52. The van der Waals surface area contributed by atoms with Crippen molar-refractivity contribution in [2.24, 2.45) is 0 Å². The van der Waals surface area contributed by atoms with Crippen molar-refractivity contribution in [1.29, 1.82) is 0 Å². The number of rotatable bonds is 5. The van der Waals surface area contributed by atoms with Gasteiger partial charge >= 0.3 is 5.97 Å². The van der Waals surface area contributed by atoms with Crippen LogP contribution in [0.1, 0.15) is 20.7 Å². The second-order valence-corrected chi connectivity index (χ2v) is 4.21. The Bertz CT molecular complexity index is 650. The second kappa shape index (κ2) is 6.65. The Hall–Kier alpha value is -2.69. The van der Waals surface area contributed by atoms with Crippen molar-refractivity contribution in [2.45, 2.75) is 0 Å². The summed E-state index contributed by atoms with van der Waals surface area (Å²) in [6, 6.07) is 11.6. The Balaban J connectivity index is 2.01. The zero-order chi connectivity index (χ0) is 15.2. The van der Waals surface area contributed by atoms with E-state index in [0.717, 1.165) is 0 Å². The topological polar surface area (TPSA) is 52.6 Å². The van der Waals surface area contributed by atoms with Gasteiger partial charge in [-0.1, -0.05) is 12.1 Å². The van der Waals surface area contributed by atoms with Crippen LogP contribution in [0.4, 0.5) is 4.39 Å². The number of ether oxygens (including phenoxy) is 2. The number of carbonyl (C=O) groups is 2. The van der Waals surface area contributed by atoms with Gasteiger partial charge in [-0.25, -0.2) is 9.18 Å². The lowest BCUT2D eigenvalue weighted by Gasteiger charge is -2.08. The van der Waals surface area contributed by atoms with Gasteiger partial charge in [0, 0.05) is 5.56 Å². The molecule has 0 radical (unpaired) electrons. The molecule has 0 aromatic heterocycles. The molecule has 0 atom stereocenters. The molecule has 0 aliphatic carbocycles. The molecule has 4 nitrogen and oxygen atoms in total. The van der Waals surface area contributed by atoms with E-state index in [0.29, 0.717) is 5.75 Å². The molecule has 0 heterocycles. The molecule has 0 amide bonds. The lowest BCUT2D eigenvalue weighted by molar-refractivity contribution is 0.0471. The van der Waals surface area contributed by atoms with Crippen molar-refractivity contribution < 1.29 is 23.5 Å². The van der Waals surface area contributed by atoms with Gasteiger partial charge in [0.05, 0.1) is 7.11 Å². The third-order valence-electron chi connectivity index (χ3n) is 2.83. The molecule has 0 aliphatic heterocycles. The largest absolute Gasteiger partial charge is 0.496 e. The number of hydrogen-bond donors (Lipinski definition) is 0. The third-order valence-corrected chi connectivity index (χ3v) is 2.83. The minimum Gasteiger partial charge on any atom is -0.496 e. The number of Topliss-reactive ketones (excluding diaryl/α,β-unsaturated/α-hetero) is 1. The molecular formula is C16H13FO4. The van der Waals surface area contributed by atoms with Crippen LogP contribution in [0.15, 0.2) is 48.5 Å². The van der Waals surface area contributed by atoms with E-state index >= 15 is 0 Å². The molecule has 0 bridgehead atoms. The van der Waals surface area contributed by atoms with Crippen molar-refractivity contribution >= 4 is 11.8 Å². The van der Waals surface area contributed by atoms with Crippen LogP contribution in [0.5, 0.6) is 5.75 Å². The van der Waals surface area contributed by atoms with Crippen LogP contribution in [0.25, 0.3) is 0 Å². The zero-order valence-electron chi connectivity index (χ0n) is 11.3. The number of methoxy groups -OCH3 is 1. The molecule has 5 heteroatoms. The number of esters is 1. The summed E-state index contributed by atoms with van der Waals surface area (Å²) in [4.78, 5) is 23.7. The van der Waals surface area contributed by atoms with E-state index < -0.39 is 24.2 Å². The molecule has 0 saturated carbocycles. The fraction of sp³-hybridized carbons (Fsp3) is 0.125. The van der Waals surface area contributed by atoms with Crippen molar-refractivity contribution in [3.05, 3.63) is 65.5 Å². The van der Waals surface area contributed by atoms with Crippen molar-refractivity contribution in [3.8, 4) is 5.75 Å². The van der Waals surface area contributed by atoms with Crippen LogP contribution in [0.3, 0.4) is 0 Å². The molecule has 0 unspecified atom stereocenters. The third kappa shape index (κ3) is 3.66. The smallest absolute Gasteiger partial charge is 0.342 e. The predicted molar refractivity (Wildman–Crippen MR) is 74.0 cm³/mol. The number of hydrogen-bond acceptors (Lipinski definition) is 4. The van der Waals surface area contributed by atoms with E-state index in [2.05, 4.69) is 0 Å². The highest BCUT2D eigenvalue weighted by atomic mass is 19.1. The van der Waals surface area contributed by atoms with Gasteiger partial charge in [0.15, 0.2) is 12.4 Å². The fourth-order valence-corrected chi connectivity index (χ4v) is 1.74. The van der Waals surface area contributed by atoms with Gasteiger partial charge in [0.25, 0.3) is 0 Å². The van der Waals surface area contributed by atoms with Gasteiger partial charge in [0.2, 0.25) is 0 Å². The van der Waals surface area contributed by atoms with Gasteiger partial charge < -0.3 is 9.47 Å². The fourth-order valence-electron chi connectivity index (χ4n) is 1.74. The summed E-state index contributed by atoms with van der Waals surface area (Å²) in [7, 11) is 1.44. The monoisotopic (exact) mass is 288 g/mol. The van der Waals surface area contributed by atoms with Crippen molar-refractivity contribution in [2.75, 3.05) is 13.7 Å². The molecule has 0 N–H and O–H groups in total. The molecule has 2 rings (SSSR count). The lowest BCUT2D eigenvalue weighted by atomic mass is 10.1. The number of halogens is 1. The van der Waals surface area contributed by atoms with E-state index in [-0.39, 0.29) is 11.1 Å². The van der Waals surface area contributed by atoms with Gasteiger partial charge in [-0.15, -0.1) is 0 Å². The maximum absolute atomic E-state index is 12.8. The highest BCUT2D eigenvalue weighted by Crippen LogP contribution is 2.18. The summed E-state index contributed by atoms with van der Waals surface area (Å²) in [5.41, 5.74) is 0.524. The maximum Gasteiger partial charge on any atom is 0.342 e. The summed E-state index contributed by atoms with van der Waals surface area (Å²) < 4.78 is 22.8. The summed E-state index contributed by atoms with van der Waals surface area (Å²) in [5.74, 6) is -1.12. The average molecular weight is 288 g/mol. The van der Waals surface area contributed by atoms with Gasteiger partial charge in [-0.3, -0.25) is 4.79 Å². The Morgan fingerprint density at radius 3 is 2.38 bits per heavy atom. The Labute approximate surface area is 121 Å². The number of ketones is 1. The highest BCUT2D eigenvalue weighted by molar-refractivity contribution is 5.99. The normalized spacial score (nSPS) is 10.0. The first-order valence-electron chi connectivity index (χ1n) is 6.20. The number of para-hydroxylation sites is 1. The summed E-state index contributed by atoms with van der Waals surface area (Å²) in [5, 5.41) is 0. The lowest BCUT2D eigenvalue weighted by Crippen LogP contribution is -2.15. The number of benzene rings is 2. The van der Waals surface area contributed by atoms with Crippen molar-refractivity contribution in [3.63, 3.8) is 0 Å². The summed E-state index contributed by atoms with van der Waals surface area (Å²) in [6.07, 6.45) is 0. The van der Waals surface area contributed by atoms with Gasteiger partial charge in [-0.2, -0.15) is 0 Å². The minimum absolute atomic E-state index is 0.243. The van der Waals surface area contributed by atoms with E-state index in [1.807, 2.05) is 0 Å². The molecule has 0 spiro atoms. The first-order valence-corrected chi connectivity index (χ1v) is 6.20. The maximum atomic E-state index is 12.8. The molecule has 21 heavy (non-hydrogen) atoms. The molecule has 2 aromatic rings. The molecule has 108 valence electrons. The summed E-state index contributed by atoms with van der Waals surface area (Å²) in [6.45, 7) is -0.414. The Morgan fingerprint density at radius 2 is 1.71 bits per heavy atom. The van der Waals surface area contributed by atoms with Crippen LogP contribution >= 0.6 is 0 Å². The second-order valence-electron chi connectivity index (χ2n) is 4.21. The van der Waals surface area contributed by atoms with Crippen molar-refractivity contribution in [1.82, 2.24) is 0 Å². The van der Waals surface area contributed by atoms with Crippen LogP contribution in [0, 0.1) is 5.82 Å². The Morgan fingerprint density at radius 1 is 1.05 bits per heavy atom. The quantitative estimate of drug-likeness (QED) is 0.627. The first kappa shape index (κ1) is 14.7. The van der Waals surface area contributed by atoms with Gasteiger partial charge in [0.1, 0.15) is 17.1 Å². The van der Waals surface area contributed by atoms with Gasteiger partial charge in [-0.05, 0) is 36.4 Å². The van der Waals surface area contributed by atoms with Crippen LogP contribution in [-0.2, 0) is 4.74 Å². The van der Waals surface area contributed by atoms with E-state index in [4.69, 9.17) is 9.47 Å². The van der Waals surface area contributed by atoms with E-state index in [9.17, 15) is 14.0 Å². The standard InChI is InChI=1S/C16H13FO4/c1-20-15-5-3-2-4-13(15)16(19)21-10-14(18)11-6-8-12(17)9-7-11/h2-9H,10H2,1H3. The van der Waals surface area contributed by atoms with E-state index in [1.54, 1.807) is 24.3 Å². The highest BCUT2D eigenvalue weighted by Gasteiger charge is 2.15. The summed E-state index contributed by atoms with van der Waals surface area (Å²) >= 11 is 0.